The average Bonchev–Trinajstić information content (AvgIpc) is 2.91. The second kappa shape index (κ2) is 12.0. The van der Waals surface area contributed by atoms with Gasteiger partial charge in [0.25, 0.3) is 0 Å². The van der Waals surface area contributed by atoms with E-state index in [1.165, 1.54) is 0 Å². The van der Waals surface area contributed by atoms with Gasteiger partial charge in [-0.05, 0) is 35.4 Å². The fraction of sp³-hybridized carbons (Fsp3) is 0.148. The Hall–Kier alpha value is -4.39. The fourth-order valence-electron chi connectivity index (χ4n) is 3.41. The van der Waals surface area contributed by atoms with Gasteiger partial charge in [-0.1, -0.05) is 72.8 Å². The summed E-state index contributed by atoms with van der Waals surface area (Å²) >= 11 is 0. The van der Waals surface area contributed by atoms with E-state index in [0.29, 0.717) is 11.6 Å². The third-order valence-electron chi connectivity index (χ3n) is 5.11. The Balaban J connectivity index is 1.37. The average molecular weight is 455 g/mol. The lowest BCUT2D eigenvalue weighted by Gasteiger charge is -2.21. The molecule has 4 rings (SSSR count). The summed E-state index contributed by atoms with van der Waals surface area (Å²) in [4.78, 5) is 21.1. The molecule has 34 heavy (non-hydrogen) atoms. The summed E-state index contributed by atoms with van der Waals surface area (Å²) in [5, 5.41) is 6.62. The van der Waals surface area contributed by atoms with Crippen molar-refractivity contribution in [1.29, 1.82) is 0 Å². The molecule has 7 nitrogen and oxygen atoms in total. The second-order valence-corrected chi connectivity index (χ2v) is 7.52. The molecule has 2 N–H and O–H groups in total. The van der Waals surface area contributed by atoms with E-state index in [0.717, 1.165) is 11.1 Å². The Morgan fingerprint density at radius 2 is 1.03 bits per heavy atom. The number of carbonyl (C=O) groups excluding carboxylic acids is 1. The Labute approximate surface area is 198 Å². The van der Waals surface area contributed by atoms with Crippen molar-refractivity contribution in [1.82, 2.24) is 9.97 Å². The zero-order valence-corrected chi connectivity index (χ0v) is 18.6. The molecule has 2 atom stereocenters. The highest BCUT2D eigenvalue weighted by atomic mass is 16.7. The molecule has 4 aromatic rings. The van der Waals surface area contributed by atoms with Gasteiger partial charge in [0.05, 0.1) is 12.1 Å². The van der Waals surface area contributed by atoms with Crippen LogP contribution in [0.5, 0.6) is 0 Å². The summed E-state index contributed by atoms with van der Waals surface area (Å²) in [5.41, 5.74) is 1.94. The first kappa shape index (κ1) is 22.8. The van der Waals surface area contributed by atoms with Crippen molar-refractivity contribution >= 4 is 17.8 Å². The van der Waals surface area contributed by atoms with E-state index in [1.807, 2.05) is 97.1 Å². The van der Waals surface area contributed by atoms with Crippen LogP contribution in [-0.2, 0) is 9.47 Å². The number of carbonyl (C=O) groups is 1. The molecule has 0 amide bonds. The number of hydrogen-bond donors (Lipinski definition) is 2. The lowest BCUT2D eigenvalue weighted by atomic mass is 10.1. The molecule has 7 heteroatoms. The van der Waals surface area contributed by atoms with Crippen LogP contribution in [0.1, 0.15) is 23.2 Å². The summed E-state index contributed by atoms with van der Waals surface area (Å²) in [6.07, 6.45) is 2.67. The van der Waals surface area contributed by atoms with Gasteiger partial charge in [-0.2, -0.15) is 0 Å². The van der Waals surface area contributed by atoms with E-state index in [1.54, 1.807) is 12.4 Å². The van der Waals surface area contributed by atoms with Crippen molar-refractivity contribution in [3.63, 3.8) is 0 Å². The third kappa shape index (κ3) is 6.80. The van der Waals surface area contributed by atoms with Gasteiger partial charge in [-0.3, -0.25) is 0 Å². The van der Waals surface area contributed by atoms with Crippen molar-refractivity contribution in [2.75, 3.05) is 23.8 Å². The smallest absolute Gasteiger partial charge is 0.432 e. The predicted octanol–water partition coefficient (Wildman–Crippen LogP) is 5.64. The molecule has 0 bridgehead atoms. The van der Waals surface area contributed by atoms with Gasteiger partial charge in [0.2, 0.25) is 0 Å². The lowest BCUT2D eigenvalue weighted by Crippen LogP contribution is -2.23. The maximum atomic E-state index is 12.5. The molecular weight excluding hydrogens is 428 g/mol. The number of nitrogens with zero attached hydrogens (tertiary/aromatic N) is 2. The topological polar surface area (TPSA) is 85.4 Å². The highest BCUT2D eigenvalue weighted by Crippen LogP contribution is 2.21. The van der Waals surface area contributed by atoms with Crippen LogP contribution in [0.2, 0.25) is 0 Å². The molecule has 0 radical (unpaired) electrons. The Bertz CT molecular complexity index is 1040. The van der Waals surface area contributed by atoms with E-state index in [4.69, 9.17) is 9.47 Å². The quantitative estimate of drug-likeness (QED) is 0.300. The molecule has 2 unspecified atom stereocenters. The van der Waals surface area contributed by atoms with E-state index in [9.17, 15) is 4.79 Å². The highest BCUT2D eigenvalue weighted by molar-refractivity contribution is 5.60. The zero-order chi connectivity index (χ0) is 23.4. The van der Waals surface area contributed by atoms with Gasteiger partial charge in [-0.15, -0.1) is 0 Å². The minimum atomic E-state index is -0.743. The molecule has 2 aromatic heterocycles. The van der Waals surface area contributed by atoms with Crippen LogP contribution in [-0.4, -0.2) is 29.3 Å². The van der Waals surface area contributed by atoms with E-state index >= 15 is 0 Å². The summed E-state index contributed by atoms with van der Waals surface area (Å²) in [6.45, 7) is 0.173. The molecule has 172 valence electrons. The van der Waals surface area contributed by atoms with E-state index in [-0.39, 0.29) is 25.3 Å². The number of nitrogens with one attached hydrogen (secondary N) is 2. The second-order valence-electron chi connectivity index (χ2n) is 7.52. The summed E-state index contributed by atoms with van der Waals surface area (Å²) in [7, 11) is 0. The van der Waals surface area contributed by atoms with Gasteiger partial charge in [0, 0.05) is 12.4 Å². The monoisotopic (exact) mass is 454 g/mol. The van der Waals surface area contributed by atoms with Crippen molar-refractivity contribution < 1.29 is 14.3 Å². The summed E-state index contributed by atoms with van der Waals surface area (Å²) in [6, 6.07) is 30.2. The maximum Gasteiger partial charge on any atom is 0.508 e. The Kier molecular flexibility index (Phi) is 8.05. The Morgan fingerprint density at radius 1 is 0.618 bits per heavy atom. The molecule has 0 aliphatic carbocycles. The van der Waals surface area contributed by atoms with E-state index < -0.39 is 6.16 Å². The number of hydrogen-bond acceptors (Lipinski definition) is 7. The van der Waals surface area contributed by atoms with Crippen LogP contribution in [0.4, 0.5) is 16.4 Å². The number of ether oxygens (including phenoxy) is 2. The number of pyridine rings is 2. The van der Waals surface area contributed by atoms with Crippen LogP contribution < -0.4 is 10.6 Å². The van der Waals surface area contributed by atoms with E-state index in [2.05, 4.69) is 20.6 Å². The normalized spacial score (nSPS) is 12.2. The van der Waals surface area contributed by atoms with Gasteiger partial charge in [0.1, 0.15) is 24.8 Å². The van der Waals surface area contributed by atoms with Crippen molar-refractivity contribution in [3.8, 4) is 0 Å². The minimum absolute atomic E-state index is 0.0864. The van der Waals surface area contributed by atoms with Gasteiger partial charge >= 0.3 is 6.16 Å². The number of aromatic nitrogens is 2. The first-order valence-corrected chi connectivity index (χ1v) is 11.0. The predicted molar refractivity (Wildman–Crippen MR) is 131 cm³/mol. The Morgan fingerprint density at radius 3 is 1.41 bits per heavy atom. The highest BCUT2D eigenvalue weighted by Gasteiger charge is 2.18. The third-order valence-corrected chi connectivity index (χ3v) is 5.11. The summed E-state index contributed by atoms with van der Waals surface area (Å²) in [5.74, 6) is 1.38. The van der Waals surface area contributed by atoms with Crippen LogP contribution in [0.25, 0.3) is 0 Å². The van der Waals surface area contributed by atoms with Crippen LogP contribution in [0, 0.1) is 0 Å². The molecule has 2 aromatic carbocycles. The van der Waals surface area contributed by atoms with Crippen molar-refractivity contribution in [2.24, 2.45) is 0 Å². The molecule has 2 heterocycles. The van der Waals surface area contributed by atoms with Gasteiger partial charge in [-0.25, -0.2) is 14.8 Å². The van der Waals surface area contributed by atoms with Gasteiger partial charge in [0.15, 0.2) is 0 Å². The first-order chi connectivity index (χ1) is 16.8. The molecule has 0 saturated heterocycles. The van der Waals surface area contributed by atoms with Crippen molar-refractivity contribution in [3.05, 3.63) is 121 Å². The molecular formula is C27H26N4O3. The molecule has 0 fully saturated rings. The molecule has 0 spiro atoms. The summed E-state index contributed by atoms with van der Waals surface area (Å²) < 4.78 is 10.9. The standard InChI is InChI=1S/C27H26N4O3/c32-27(33-19-23(21-11-3-1-4-12-21)30-25-15-7-9-17-28-25)34-20-24(22-13-5-2-6-14-22)31-26-16-8-10-18-29-26/h1-18,23-24H,19-20H2,(H,28,30)(H,29,31). The molecule has 0 aliphatic heterocycles. The SMILES string of the molecule is O=C(OCC(Nc1ccccn1)c1ccccc1)OCC(Nc1ccccn1)c1ccccc1. The fourth-order valence-corrected chi connectivity index (χ4v) is 3.41. The molecule has 0 saturated carbocycles. The van der Waals surface area contributed by atoms with Crippen LogP contribution in [0.3, 0.4) is 0 Å². The number of benzene rings is 2. The zero-order valence-electron chi connectivity index (χ0n) is 18.6. The number of anilines is 2. The van der Waals surface area contributed by atoms with Crippen LogP contribution >= 0.6 is 0 Å². The largest absolute Gasteiger partial charge is 0.508 e. The van der Waals surface area contributed by atoms with Gasteiger partial charge < -0.3 is 20.1 Å². The van der Waals surface area contributed by atoms with Crippen LogP contribution in [0.15, 0.2) is 109 Å². The van der Waals surface area contributed by atoms with Crippen molar-refractivity contribution in [2.45, 2.75) is 12.1 Å². The minimum Gasteiger partial charge on any atom is -0.432 e. The number of rotatable bonds is 10. The maximum absolute atomic E-state index is 12.5. The molecule has 0 aliphatic rings. The first-order valence-electron chi connectivity index (χ1n) is 11.0. The lowest BCUT2D eigenvalue weighted by molar-refractivity contribution is 0.0497.